The van der Waals surface area contributed by atoms with Crippen molar-refractivity contribution in [3.8, 4) is 0 Å². The van der Waals surface area contributed by atoms with E-state index in [9.17, 15) is 9.59 Å². The van der Waals surface area contributed by atoms with Gasteiger partial charge >= 0.3 is 0 Å². The molecule has 0 aliphatic rings. The molecule has 0 fully saturated rings. The first-order chi connectivity index (χ1) is 8.31. The van der Waals surface area contributed by atoms with Crippen molar-refractivity contribution in [3.63, 3.8) is 0 Å². The molecule has 2 N–H and O–H groups in total. The fourth-order valence-corrected chi connectivity index (χ4v) is 1.64. The van der Waals surface area contributed by atoms with Gasteiger partial charge < -0.3 is 0 Å². The van der Waals surface area contributed by atoms with Gasteiger partial charge in [0, 0.05) is 6.42 Å². The number of hydrogen-bond acceptors (Lipinski definition) is 4. The average Bonchev–Trinajstić information content (AvgIpc) is 2.35. The molecule has 5 nitrogen and oxygen atoms in total. The number of carbonyl (C=O) groups excluding carboxylic acids is 2. The Morgan fingerprint density at radius 2 is 1.53 bits per heavy atom. The third kappa shape index (κ3) is 12.7. The number of nitrogens with zero attached hydrogens (tertiary/aromatic N) is 1. The van der Waals surface area contributed by atoms with Gasteiger partial charge in [-0.2, -0.15) is 0 Å². The lowest BCUT2D eigenvalue weighted by molar-refractivity contribution is -0.129. The molecule has 0 bridgehead atoms. The molecular weight excluding hydrogens is 220 g/mol. The van der Waals surface area contributed by atoms with Gasteiger partial charge in [-0.05, 0) is 12.8 Å². The fraction of sp³-hybridized carbons (Fsp3) is 0.833. The van der Waals surface area contributed by atoms with E-state index in [1.807, 2.05) is 0 Å². The summed E-state index contributed by atoms with van der Waals surface area (Å²) < 4.78 is 0. The molecule has 98 valence electrons. The van der Waals surface area contributed by atoms with Crippen LogP contribution in [0.4, 0.5) is 0 Å². The van der Waals surface area contributed by atoms with Crippen LogP contribution < -0.4 is 5.48 Å². The number of carbonyl (C=O) groups is 1. The highest BCUT2D eigenvalue weighted by atomic mass is 16.5. The van der Waals surface area contributed by atoms with Crippen molar-refractivity contribution in [2.75, 3.05) is 6.54 Å². The summed E-state index contributed by atoms with van der Waals surface area (Å²) in [7, 11) is 0. The number of isocyanates is 1. The Morgan fingerprint density at radius 1 is 1.00 bits per heavy atom. The number of hydrogen-bond donors (Lipinski definition) is 2. The first-order valence-corrected chi connectivity index (χ1v) is 6.28. The van der Waals surface area contributed by atoms with E-state index < -0.39 is 0 Å². The maximum atomic E-state index is 10.7. The van der Waals surface area contributed by atoms with Crippen molar-refractivity contribution in [3.05, 3.63) is 0 Å². The predicted octanol–water partition coefficient (Wildman–Crippen LogP) is 2.34. The van der Waals surface area contributed by atoms with E-state index in [0.717, 1.165) is 32.1 Å². The third-order valence-electron chi connectivity index (χ3n) is 2.61. The van der Waals surface area contributed by atoms with Gasteiger partial charge in [-0.1, -0.05) is 38.5 Å². The van der Waals surface area contributed by atoms with Gasteiger partial charge in [0.1, 0.15) is 0 Å². The Kier molecular flexibility index (Phi) is 12.0. The smallest absolute Gasteiger partial charge is 0.243 e. The van der Waals surface area contributed by atoms with Gasteiger partial charge in [-0.15, -0.1) is 0 Å². The average molecular weight is 242 g/mol. The molecule has 0 rings (SSSR count). The molecule has 0 saturated heterocycles. The van der Waals surface area contributed by atoms with Crippen molar-refractivity contribution < 1.29 is 14.8 Å². The van der Waals surface area contributed by atoms with E-state index >= 15 is 0 Å². The zero-order valence-electron chi connectivity index (χ0n) is 10.3. The lowest BCUT2D eigenvalue weighted by atomic mass is 10.1. The first kappa shape index (κ1) is 15.8. The van der Waals surface area contributed by atoms with Crippen molar-refractivity contribution in [1.29, 1.82) is 0 Å². The van der Waals surface area contributed by atoms with E-state index in [1.165, 1.54) is 25.3 Å². The molecule has 5 heteroatoms. The second kappa shape index (κ2) is 12.9. The molecule has 0 heterocycles. The van der Waals surface area contributed by atoms with E-state index in [2.05, 4.69) is 4.99 Å². The summed E-state index contributed by atoms with van der Waals surface area (Å²) in [5, 5.41) is 8.26. The predicted molar refractivity (Wildman–Crippen MR) is 64.5 cm³/mol. The normalized spacial score (nSPS) is 9.71. The number of unbranched alkanes of at least 4 members (excludes halogenated alkanes) is 7. The quantitative estimate of drug-likeness (QED) is 0.192. The van der Waals surface area contributed by atoms with Crippen LogP contribution >= 0.6 is 0 Å². The highest BCUT2D eigenvalue weighted by Gasteiger charge is 1.98. The van der Waals surface area contributed by atoms with Gasteiger partial charge in [0.15, 0.2) is 0 Å². The number of amides is 1. The van der Waals surface area contributed by atoms with Crippen molar-refractivity contribution in [1.82, 2.24) is 5.48 Å². The van der Waals surface area contributed by atoms with Crippen molar-refractivity contribution in [2.24, 2.45) is 4.99 Å². The molecule has 0 aliphatic carbocycles. The zero-order valence-corrected chi connectivity index (χ0v) is 10.3. The van der Waals surface area contributed by atoms with Gasteiger partial charge in [0.25, 0.3) is 0 Å². The molecular formula is C12H22N2O3. The monoisotopic (exact) mass is 242 g/mol. The highest BCUT2D eigenvalue weighted by molar-refractivity contribution is 5.74. The maximum absolute atomic E-state index is 10.7. The van der Waals surface area contributed by atoms with Crippen LogP contribution in [0.15, 0.2) is 4.99 Å². The molecule has 0 aromatic rings. The number of aliphatic imine (C=N–C) groups is 1. The summed E-state index contributed by atoms with van der Waals surface area (Å²) in [6, 6.07) is 0. The molecule has 0 aliphatic heterocycles. The summed E-state index contributed by atoms with van der Waals surface area (Å²) in [5.41, 5.74) is 1.63. The molecule has 0 radical (unpaired) electrons. The van der Waals surface area contributed by atoms with Crippen LogP contribution in [0.1, 0.15) is 57.8 Å². The molecule has 0 aromatic heterocycles. The first-order valence-electron chi connectivity index (χ1n) is 6.28. The molecule has 1 amide bonds. The number of hydroxylamine groups is 1. The van der Waals surface area contributed by atoms with Crippen LogP contribution in [-0.2, 0) is 9.59 Å². The molecule has 0 unspecified atom stereocenters. The Labute approximate surface area is 102 Å². The number of nitrogens with one attached hydrogen (secondary N) is 1. The minimum Gasteiger partial charge on any atom is -0.289 e. The van der Waals surface area contributed by atoms with Gasteiger partial charge in [-0.3, -0.25) is 10.0 Å². The van der Waals surface area contributed by atoms with E-state index in [1.54, 1.807) is 5.48 Å². The third-order valence-corrected chi connectivity index (χ3v) is 2.61. The summed E-state index contributed by atoms with van der Waals surface area (Å²) >= 11 is 0. The zero-order chi connectivity index (χ0) is 12.8. The Morgan fingerprint density at radius 3 is 2.06 bits per heavy atom. The van der Waals surface area contributed by atoms with E-state index in [4.69, 9.17) is 5.21 Å². The lowest BCUT2D eigenvalue weighted by Crippen LogP contribution is -2.17. The van der Waals surface area contributed by atoms with Gasteiger partial charge in [0.2, 0.25) is 12.0 Å². The van der Waals surface area contributed by atoms with Crippen molar-refractivity contribution in [2.45, 2.75) is 57.8 Å². The molecule has 0 saturated carbocycles. The van der Waals surface area contributed by atoms with E-state index in [0.29, 0.717) is 13.0 Å². The van der Waals surface area contributed by atoms with Crippen LogP contribution in [0, 0.1) is 0 Å². The summed E-state index contributed by atoms with van der Waals surface area (Å²) in [6.07, 6.45) is 10.5. The summed E-state index contributed by atoms with van der Waals surface area (Å²) in [5.74, 6) is -0.305. The van der Waals surface area contributed by atoms with Crippen LogP contribution in [0.5, 0.6) is 0 Å². The lowest BCUT2D eigenvalue weighted by Gasteiger charge is -2.01. The second-order valence-electron chi connectivity index (χ2n) is 4.09. The fourth-order valence-electron chi connectivity index (χ4n) is 1.64. The number of rotatable bonds is 11. The Bertz CT molecular complexity index is 238. The molecule has 0 spiro atoms. The second-order valence-corrected chi connectivity index (χ2v) is 4.09. The maximum Gasteiger partial charge on any atom is 0.243 e. The molecule has 0 atom stereocenters. The minimum absolute atomic E-state index is 0.305. The SMILES string of the molecule is O=C=NCCCCCCCCCCC(=O)NO. The minimum atomic E-state index is -0.305. The van der Waals surface area contributed by atoms with Gasteiger partial charge in [-0.25, -0.2) is 15.3 Å². The van der Waals surface area contributed by atoms with Gasteiger partial charge in [0.05, 0.1) is 6.54 Å². The summed E-state index contributed by atoms with van der Waals surface area (Å²) in [4.78, 5) is 23.9. The van der Waals surface area contributed by atoms with Crippen LogP contribution in [0.2, 0.25) is 0 Å². The van der Waals surface area contributed by atoms with E-state index in [-0.39, 0.29) is 5.91 Å². The Balaban J connectivity index is 3.03. The topological polar surface area (TPSA) is 78.8 Å². The van der Waals surface area contributed by atoms with Crippen LogP contribution in [0.3, 0.4) is 0 Å². The van der Waals surface area contributed by atoms with Crippen molar-refractivity contribution >= 4 is 12.0 Å². The largest absolute Gasteiger partial charge is 0.289 e. The van der Waals surface area contributed by atoms with Crippen LogP contribution in [0.25, 0.3) is 0 Å². The molecule has 0 aromatic carbocycles. The highest BCUT2D eigenvalue weighted by Crippen LogP contribution is 2.09. The summed E-state index contributed by atoms with van der Waals surface area (Å²) in [6.45, 7) is 0.597. The van der Waals surface area contributed by atoms with Crippen LogP contribution in [-0.4, -0.2) is 23.7 Å². The Hall–Kier alpha value is -1.19. The molecule has 17 heavy (non-hydrogen) atoms. The standard InChI is InChI=1S/C12H22N2O3/c15-11-13-10-8-6-4-2-1-3-5-7-9-12(16)14-17/h17H,1-10H2,(H,14,16).